The van der Waals surface area contributed by atoms with Crippen molar-refractivity contribution in [2.75, 3.05) is 0 Å². The normalized spacial score (nSPS) is 10.6. The number of aromatic amines is 1. The molecule has 126 valence electrons. The van der Waals surface area contributed by atoms with E-state index in [1.165, 1.54) is 6.07 Å². The Bertz CT molecular complexity index is 1030. The summed E-state index contributed by atoms with van der Waals surface area (Å²) in [6, 6.07) is 12.6. The zero-order chi connectivity index (χ0) is 18.0. The van der Waals surface area contributed by atoms with Crippen molar-refractivity contribution >= 4 is 22.6 Å². The molecule has 2 N–H and O–H groups in total. The molecule has 8 heteroatoms. The van der Waals surface area contributed by atoms with Crippen LogP contribution in [-0.4, -0.2) is 21.0 Å². The number of H-pyrrole nitrogens is 1. The topological polar surface area (TPSA) is 123 Å². The molecule has 1 aromatic heterocycles. The number of hydrogen-bond acceptors (Lipinski definition) is 5. The molecule has 8 nitrogen and oxygen atoms in total. The van der Waals surface area contributed by atoms with Gasteiger partial charge in [-0.2, -0.15) is 0 Å². The van der Waals surface area contributed by atoms with Crippen LogP contribution in [0.1, 0.15) is 16.1 Å². The van der Waals surface area contributed by atoms with E-state index in [1.807, 2.05) is 30.3 Å². The molecule has 25 heavy (non-hydrogen) atoms. The fourth-order valence-corrected chi connectivity index (χ4v) is 2.39. The molecule has 0 aliphatic rings. The van der Waals surface area contributed by atoms with Crippen molar-refractivity contribution in [3.8, 4) is 5.75 Å². The van der Waals surface area contributed by atoms with Crippen molar-refractivity contribution in [3.63, 3.8) is 0 Å². The second-order valence-electron chi connectivity index (χ2n) is 5.25. The molecule has 2 aromatic carbocycles. The van der Waals surface area contributed by atoms with E-state index in [0.717, 1.165) is 17.7 Å². The number of carbonyl (C=O) groups is 1. The van der Waals surface area contributed by atoms with E-state index < -0.39 is 27.7 Å². The quantitative estimate of drug-likeness (QED) is 0.544. The monoisotopic (exact) mass is 340 g/mol. The summed E-state index contributed by atoms with van der Waals surface area (Å²) >= 11 is 0. The third kappa shape index (κ3) is 3.32. The number of nitrogens with zero attached hydrogens (tertiary/aromatic N) is 1. The summed E-state index contributed by atoms with van der Waals surface area (Å²) in [6.07, 6.45) is 0. The number of non-ortho nitro benzene ring substituents is 1. The third-order valence-electron chi connectivity index (χ3n) is 3.57. The van der Waals surface area contributed by atoms with Crippen LogP contribution in [0.15, 0.2) is 53.3 Å². The van der Waals surface area contributed by atoms with Crippen LogP contribution in [0.4, 0.5) is 5.69 Å². The van der Waals surface area contributed by atoms with E-state index in [-0.39, 0.29) is 23.3 Å². The largest absolute Gasteiger partial charge is 0.489 e. The maximum Gasteiger partial charge on any atom is 0.352 e. The van der Waals surface area contributed by atoms with E-state index >= 15 is 0 Å². The van der Waals surface area contributed by atoms with E-state index in [4.69, 9.17) is 9.84 Å². The second kappa shape index (κ2) is 6.44. The van der Waals surface area contributed by atoms with Crippen LogP contribution in [0.3, 0.4) is 0 Å². The van der Waals surface area contributed by atoms with Gasteiger partial charge in [0.15, 0.2) is 5.43 Å². The van der Waals surface area contributed by atoms with Crippen molar-refractivity contribution in [2.45, 2.75) is 6.61 Å². The lowest BCUT2D eigenvalue weighted by Gasteiger charge is -2.08. The summed E-state index contributed by atoms with van der Waals surface area (Å²) in [5.41, 5.74) is -0.777. The van der Waals surface area contributed by atoms with Crippen LogP contribution in [0.25, 0.3) is 10.9 Å². The van der Waals surface area contributed by atoms with Gasteiger partial charge in [-0.1, -0.05) is 30.3 Å². The van der Waals surface area contributed by atoms with Gasteiger partial charge in [0.2, 0.25) is 0 Å². The number of nitro groups is 1. The van der Waals surface area contributed by atoms with Gasteiger partial charge >= 0.3 is 5.97 Å². The molecular weight excluding hydrogens is 328 g/mol. The maximum atomic E-state index is 12.1. The van der Waals surface area contributed by atoms with Crippen LogP contribution in [-0.2, 0) is 6.61 Å². The average Bonchev–Trinajstić information content (AvgIpc) is 2.60. The SMILES string of the molecule is O=C(O)c1cc(=O)c2cc(OCc3ccccc3)cc([N+](=O)[O-])c2[nH]1. The highest BCUT2D eigenvalue weighted by molar-refractivity contribution is 5.93. The molecule has 0 saturated carbocycles. The van der Waals surface area contributed by atoms with Crippen molar-refractivity contribution in [3.05, 3.63) is 80.1 Å². The molecular formula is C17H12N2O6. The lowest BCUT2D eigenvalue weighted by Crippen LogP contribution is -2.11. The third-order valence-corrected chi connectivity index (χ3v) is 3.57. The van der Waals surface area contributed by atoms with Crippen molar-refractivity contribution in [2.24, 2.45) is 0 Å². The van der Waals surface area contributed by atoms with Gasteiger partial charge in [-0.3, -0.25) is 14.9 Å². The molecule has 0 radical (unpaired) electrons. The van der Waals surface area contributed by atoms with Crippen LogP contribution in [0.2, 0.25) is 0 Å². The van der Waals surface area contributed by atoms with Gasteiger partial charge in [-0.15, -0.1) is 0 Å². The lowest BCUT2D eigenvalue weighted by atomic mass is 10.1. The lowest BCUT2D eigenvalue weighted by molar-refractivity contribution is -0.383. The van der Waals surface area contributed by atoms with E-state index in [0.29, 0.717) is 0 Å². The van der Waals surface area contributed by atoms with Gasteiger partial charge in [0.1, 0.15) is 23.6 Å². The summed E-state index contributed by atoms with van der Waals surface area (Å²) in [6.45, 7) is 0.175. The second-order valence-corrected chi connectivity index (χ2v) is 5.25. The summed E-state index contributed by atoms with van der Waals surface area (Å²) in [4.78, 5) is 36.2. The van der Waals surface area contributed by atoms with Crippen LogP contribution in [0, 0.1) is 10.1 Å². The van der Waals surface area contributed by atoms with Gasteiger partial charge < -0.3 is 14.8 Å². The van der Waals surface area contributed by atoms with Gasteiger partial charge in [0.05, 0.1) is 16.4 Å². The van der Waals surface area contributed by atoms with Crippen molar-refractivity contribution in [1.82, 2.24) is 4.98 Å². The molecule has 1 heterocycles. The number of hydrogen-bond donors (Lipinski definition) is 2. The molecule has 0 amide bonds. The molecule has 0 atom stereocenters. The minimum atomic E-state index is -1.38. The number of rotatable bonds is 5. The van der Waals surface area contributed by atoms with E-state index in [2.05, 4.69) is 4.98 Å². The van der Waals surface area contributed by atoms with Gasteiger partial charge in [0, 0.05) is 6.07 Å². The van der Waals surface area contributed by atoms with Crippen LogP contribution < -0.4 is 10.2 Å². The molecule has 3 aromatic rings. The zero-order valence-electron chi connectivity index (χ0n) is 12.8. The number of aromatic nitrogens is 1. The molecule has 0 spiro atoms. The first-order chi connectivity index (χ1) is 12.0. The molecule has 0 saturated heterocycles. The Labute approximate surface area is 140 Å². The van der Waals surface area contributed by atoms with Crippen LogP contribution in [0.5, 0.6) is 5.75 Å². The number of carboxylic acid groups (broad SMARTS) is 1. The number of fused-ring (bicyclic) bond motifs is 1. The highest BCUT2D eigenvalue weighted by Gasteiger charge is 2.19. The number of carboxylic acids is 1. The number of aromatic carboxylic acids is 1. The predicted octanol–water partition coefficient (Wildman–Crippen LogP) is 2.71. The summed E-state index contributed by atoms with van der Waals surface area (Å²) in [5, 5.41) is 20.3. The Balaban J connectivity index is 2.08. The fourth-order valence-electron chi connectivity index (χ4n) is 2.39. The van der Waals surface area contributed by atoms with Crippen LogP contribution >= 0.6 is 0 Å². The molecule has 0 aliphatic carbocycles. The first kappa shape index (κ1) is 16.2. The minimum absolute atomic E-state index is 0.0118. The Morgan fingerprint density at radius 2 is 1.92 bits per heavy atom. The van der Waals surface area contributed by atoms with E-state index in [1.54, 1.807) is 0 Å². The van der Waals surface area contributed by atoms with Gasteiger partial charge in [-0.05, 0) is 11.6 Å². The zero-order valence-corrected chi connectivity index (χ0v) is 12.8. The Morgan fingerprint density at radius 3 is 2.56 bits per heavy atom. The minimum Gasteiger partial charge on any atom is -0.489 e. The number of nitro benzene ring substituents is 1. The Hall–Kier alpha value is -3.68. The van der Waals surface area contributed by atoms with Crippen molar-refractivity contribution in [1.29, 1.82) is 0 Å². The molecule has 0 fully saturated rings. The van der Waals surface area contributed by atoms with Gasteiger partial charge in [-0.25, -0.2) is 4.79 Å². The Morgan fingerprint density at radius 1 is 1.20 bits per heavy atom. The maximum absolute atomic E-state index is 12.1. The Kier molecular flexibility index (Phi) is 4.17. The standard InChI is InChI=1S/C17H12N2O6/c20-15-8-13(17(21)22)18-16-12(15)6-11(7-14(16)19(23)24)25-9-10-4-2-1-3-5-10/h1-8H,9H2,(H,18,20)(H,21,22). The highest BCUT2D eigenvalue weighted by atomic mass is 16.6. The first-order valence-corrected chi connectivity index (χ1v) is 7.21. The van der Waals surface area contributed by atoms with E-state index in [9.17, 15) is 19.7 Å². The summed E-state index contributed by atoms with van der Waals surface area (Å²) < 4.78 is 5.55. The van der Waals surface area contributed by atoms with Gasteiger partial charge in [0.25, 0.3) is 5.69 Å². The summed E-state index contributed by atoms with van der Waals surface area (Å²) in [5.74, 6) is -1.23. The fraction of sp³-hybridized carbons (Fsp3) is 0.0588. The highest BCUT2D eigenvalue weighted by Crippen LogP contribution is 2.28. The number of ether oxygens (including phenoxy) is 1. The number of pyridine rings is 1. The summed E-state index contributed by atoms with van der Waals surface area (Å²) in [7, 11) is 0. The molecule has 0 bridgehead atoms. The smallest absolute Gasteiger partial charge is 0.352 e. The first-order valence-electron chi connectivity index (χ1n) is 7.21. The predicted molar refractivity (Wildman–Crippen MR) is 89.0 cm³/mol. The average molecular weight is 340 g/mol. The molecule has 0 unspecified atom stereocenters. The van der Waals surface area contributed by atoms with Crippen molar-refractivity contribution < 1.29 is 19.6 Å². The molecule has 3 rings (SSSR count). The number of benzene rings is 2. The number of nitrogens with one attached hydrogen (secondary N) is 1. The molecule has 0 aliphatic heterocycles.